The summed E-state index contributed by atoms with van der Waals surface area (Å²) in [4.78, 5) is 27.2. The molecule has 2 heterocycles. The Bertz CT molecular complexity index is 752. The molecule has 0 radical (unpaired) electrons. The number of benzene rings is 1. The van der Waals surface area contributed by atoms with E-state index in [0.29, 0.717) is 17.7 Å². The summed E-state index contributed by atoms with van der Waals surface area (Å²) in [7, 11) is 0. The maximum Gasteiger partial charge on any atom is 0.338 e. The normalized spacial score (nSPS) is 20.3. The van der Waals surface area contributed by atoms with E-state index in [4.69, 9.17) is 4.74 Å². The number of amides is 2. The fourth-order valence-corrected chi connectivity index (χ4v) is 3.87. The van der Waals surface area contributed by atoms with Crippen molar-refractivity contribution < 1.29 is 19.4 Å². The topological polar surface area (TPSA) is 90.9 Å². The molecule has 2 aliphatic heterocycles. The van der Waals surface area contributed by atoms with Crippen LogP contribution in [0.3, 0.4) is 0 Å². The lowest BCUT2D eigenvalue weighted by atomic mass is 9.93. The molecule has 0 saturated carbocycles. The van der Waals surface area contributed by atoms with Crippen LogP contribution in [0.1, 0.15) is 57.6 Å². The number of hydrogen-bond donors (Lipinski definition) is 3. The number of nitrogens with one attached hydrogen (secondary N) is 2. The van der Waals surface area contributed by atoms with Gasteiger partial charge in [0.1, 0.15) is 0 Å². The lowest BCUT2D eigenvalue weighted by Crippen LogP contribution is -2.46. The van der Waals surface area contributed by atoms with Crippen LogP contribution < -0.4 is 15.5 Å². The second-order valence-corrected chi connectivity index (χ2v) is 7.56. The van der Waals surface area contributed by atoms with Gasteiger partial charge in [-0.1, -0.05) is 25.5 Å². The predicted molar refractivity (Wildman–Crippen MR) is 111 cm³/mol. The lowest BCUT2D eigenvalue weighted by Gasteiger charge is -2.32. The van der Waals surface area contributed by atoms with E-state index in [1.165, 1.54) is 0 Å². The summed E-state index contributed by atoms with van der Waals surface area (Å²) in [5.74, 6) is -0.398. The molecule has 0 aliphatic carbocycles. The maximum atomic E-state index is 12.7. The quantitative estimate of drug-likeness (QED) is 0.611. The van der Waals surface area contributed by atoms with Crippen molar-refractivity contribution in [2.45, 2.75) is 58.1 Å². The number of rotatable bonds is 7. The van der Waals surface area contributed by atoms with Crippen molar-refractivity contribution in [1.82, 2.24) is 10.6 Å². The average Bonchev–Trinajstić information content (AvgIpc) is 2.72. The van der Waals surface area contributed by atoms with E-state index < -0.39 is 12.0 Å². The predicted octanol–water partition coefficient (Wildman–Crippen LogP) is 3.01. The molecule has 1 atom stereocenters. The minimum atomic E-state index is -0.535. The molecule has 158 valence electrons. The number of esters is 1. The molecule has 3 rings (SSSR count). The number of hydrogen-bond acceptors (Lipinski definition) is 5. The Hall–Kier alpha value is -2.54. The highest BCUT2D eigenvalue weighted by molar-refractivity contribution is 5.95. The first-order valence-corrected chi connectivity index (χ1v) is 10.5. The maximum absolute atomic E-state index is 12.7. The van der Waals surface area contributed by atoms with Crippen molar-refractivity contribution in [2.24, 2.45) is 0 Å². The molecule has 2 amide bonds. The van der Waals surface area contributed by atoms with Gasteiger partial charge in [0.15, 0.2) is 0 Å². The third-order valence-electron chi connectivity index (χ3n) is 5.49. The van der Waals surface area contributed by atoms with E-state index in [0.717, 1.165) is 50.0 Å². The van der Waals surface area contributed by atoms with Gasteiger partial charge in [-0.25, -0.2) is 9.59 Å². The molecule has 2 aliphatic rings. The van der Waals surface area contributed by atoms with E-state index in [2.05, 4.69) is 22.5 Å². The number of nitrogens with zero attached hydrogens (tertiary/aromatic N) is 1. The Kier molecular flexibility index (Phi) is 7.14. The third kappa shape index (κ3) is 5.09. The minimum absolute atomic E-state index is 0.214. The summed E-state index contributed by atoms with van der Waals surface area (Å²) < 4.78 is 5.29. The van der Waals surface area contributed by atoms with Crippen molar-refractivity contribution in [3.63, 3.8) is 0 Å². The number of urea groups is 1. The van der Waals surface area contributed by atoms with Gasteiger partial charge >= 0.3 is 12.0 Å². The van der Waals surface area contributed by atoms with Crippen molar-refractivity contribution >= 4 is 17.7 Å². The summed E-state index contributed by atoms with van der Waals surface area (Å²) in [6, 6.07) is 7.08. The Morgan fingerprint density at radius 2 is 1.90 bits per heavy atom. The standard InChI is InChI=1S/C22H31N3O4/c1-3-5-6-18-19(21(27)29-4-2)20(24-22(28)23-18)15-7-9-16(10-8-15)25-13-11-17(26)12-14-25/h7-10,17,20,26H,3-6,11-14H2,1-2H3,(H2,23,24,28). The van der Waals surface area contributed by atoms with Crippen molar-refractivity contribution in [1.29, 1.82) is 0 Å². The Morgan fingerprint density at radius 3 is 2.52 bits per heavy atom. The van der Waals surface area contributed by atoms with E-state index in [9.17, 15) is 14.7 Å². The monoisotopic (exact) mass is 401 g/mol. The number of ether oxygens (including phenoxy) is 1. The number of carbonyl (C=O) groups excluding carboxylic acids is 2. The van der Waals surface area contributed by atoms with Crippen LogP contribution in [-0.4, -0.2) is 42.9 Å². The molecular formula is C22H31N3O4. The van der Waals surface area contributed by atoms with Gasteiger partial charge < -0.3 is 25.4 Å². The summed E-state index contributed by atoms with van der Waals surface area (Å²) in [6.07, 6.45) is 3.79. The molecule has 0 spiro atoms. The Labute approximate surface area is 172 Å². The molecule has 0 aromatic heterocycles. The van der Waals surface area contributed by atoms with E-state index >= 15 is 0 Å². The zero-order valence-corrected chi connectivity index (χ0v) is 17.2. The van der Waals surface area contributed by atoms with Crippen LogP contribution in [0.4, 0.5) is 10.5 Å². The third-order valence-corrected chi connectivity index (χ3v) is 5.49. The summed E-state index contributed by atoms with van der Waals surface area (Å²) in [6.45, 7) is 5.77. The van der Waals surface area contributed by atoms with Crippen LogP contribution in [0, 0.1) is 0 Å². The van der Waals surface area contributed by atoms with Crippen molar-refractivity contribution in [3.05, 3.63) is 41.1 Å². The average molecular weight is 402 g/mol. The van der Waals surface area contributed by atoms with E-state index in [1.807, 2.05) is 24.3 Å². The number of aliphatic hydroxyl groups is 1. The number of piperidine rings is 1. The molecule has 0 bridgehead atoms. The van der Waals surface area contributed by atoms with Crippen molar-refractivity contribution in [3.8, 4) is 0 Å². The molecular weight excluding hydrogens is 370 g/mol. The summed E-state index contributed by atoms with van der Waals surface area (Å²) in [5.41, 5.74) is 3.05. The van der Waals surface area contributed by atoms with E-state index in [1.54, 1.807) is 6.92 Å². The van der Waals surface area contributed by atoms with Crippen LogP contribution in [0.2, 0.25) is 0 Å². The van der Waals surface area contributed by atoms with Crippen molar-refractivity contribution in [2.75, 3.05) is 24.6 Å². The first-order chi connectivity index (χ1) is 14.0. The second-order valence-electron chi connectivity index (χ2n) is 7.56. The fourth-order valence-electron chi connectivity index (χ4n) is 3.87. The molecule has 29 heavy (non-hydrogen) atoms. The number of aliphatic hydroxyl groups excluding tert-OH is 1. The first kappa shape index (κ1) is 21.2. The van der Waals surface area contributed by atoms with Crippen LogP contribution in [0.5, 0.6) is 0 Å². The molecule has 1 unspecified atom stereocenters. The highest BCUT2D eigenvalue weighted by Crippen LogP contribution is 2.31. The van der Waals surface area contributed by atoms with Gasteiger partial charge in [0, 0.05) is 24.5 Å². The SMILES string of the molecule is CCCCC1=C(C(=O)OCC)C(c2ccc(N3CCC(O)CC3)cc2)NC(=O)N1. The highest BCUT2D eigenvalue weighted by atomic mass is 16.5. The molecule has 1 fully saturated rings. The number of carbonyl (C=O) groups is 2. The Morgan fingerprint density at radius 1 is 1.21 bits per heavy atom. The van der Waals surface area contributed by atoms with Gasteiger partial charge in [0.2, 0.25) is 0 Å². The largest absolute Gasteiger partial charge is 0.463 e. The van der Waals surface area contributed by atoms with Gasteiger partial charge in [-0.15, -0.1) is 0 Å². The first-order valence-electron chi connectivity index (χ1n) is 10.5. The van der Waals surface area contributed by atoms with Crippen LogP contribution in [0.15, 0.2) is 35.5 Å². The van der Waals surface area contributed by atoms with Gasteiger partial charge in [0.05, 0.1) is 24.3 Å². The van der Waals surface area contributed by atoms with Crippen LogP contribution >= 0.6 is 0 Å². The Balaban J connectivity index is 1.87. The number of anilines is 1. The molecule has 1 aromatic carbocycles. The lowest BCUT2D eigenvalue weighted by molar-refractivity contribution is -0.139. The second kappa shape index (κ2) is 9.78. The fraction of sp³-hybridized carbons (Fsp3) is 0.545. The molecule has 3 N–H and O–H groups in total. The zero-order valence-electron chi connectivity index (χ0n) is 17.2. The smallest absolute Gasteiger partial charge is 0.338 e. The molecule has 1 saturated heterocycles. The summed E-state index contributed by atoms with van der Waals surface area (Å²) in [5, 5.41) is 15.4. The van der Waals surface area contributed by atoms with E-state index in [-0.39, 0.29) is 18.7 Å². The molecule has 7 nitrogen and oxygen atoms in total. The minimum Gasteiger partial charge on any atom is -0.463 e. The zero-order chi connectivity index (χ0) is 20.8. The van der Waals surface area contributed by atoms with Gasteiger partial charge in [-0.2, -0.15) is 0 Å². The highest BCUT2D eigenvalue weighted by Gasteiger charge is 2.33. The van der Waals surface area contributed by atoms with Gasteiger partial charge in [-0.3, -0.25) is 0 Å². The number of allylic oxidation sites excluding steroid dienone is 1. The number of unbranched alkanes of at least 4 members (excludes halogenated alkanes) is 1. The van der Waals surface area contributed by atoms with Gasteiger partial charge in [0.25, 0.3) is 0 Å². The van der Waals surface area contributed by atoms with Gasteiger partial charge in [-0.05, 0) is 50.3 Å². The molecule has 1 aromatic rings. The van der Waals surface area contributed by atoms with Crippen LogP contribution in [0.25, 0.3) is 0 Å². The molecule has 7 heteroatoms. The van der Waals surface area contributed by atoms with Crippen LogP contribution in [-0.2, 0) is 9.53 Å². The summed E-state index contributed by atoms with van der Waals surface area (Å²) >= 11 is 0.